The molecule has 0 saturated heterocycles. The van der Waals surface area contributed by atoms with Crippen molar-refractivity contribution < 1.29 is 14.7 Å². The number of aliphatic carboxylic acids is 1. The fraction of sp³-hybridized carbons (Fsp3) is 0.308. The monoisotopic (exact) mass is 278 g/mol. The standard InChI is InChI=1S/C13H14N2O3S/c1-9(16)15-12(13(17)18)8-19-7-11-5-3-2-4-10(11)6-14/h2-5,12H,7-8H2,1H3,(H,15,16)(H,17,18)/t12-/m0/s1. The molecule has 5 nitrogen and oxygen atoms in total. The summed E-state index contributed by atoms with van der Waals surface area (Å²) in [5, 5.41) is 20.2. The lowest BCUT2D eigenvalue weighted by Gasteiger charge is -2.12. The summed E-state index contributed by atoms with van der Waals surface area (Å²) < 4.78 is 0. The molecule has 1 aromatic carbocycles. The van der Waals surface area contributed by atoms with Gasteiger partial charge in [-0.2, -0.15) is 17.0 Å². The van der Waals surface area contributed by atoms with Crippen LogP contribution in [-0.2, 0) is 15.3 Å². The first-order chi connectivity index (χ1) is 9.04. The predicted molar refractivity (Wildman–Crippen MR) is 72.6 cm³/mol. The summed E-state index contributed by atoms with van der Waals surface area (Å²) in [5.41, 5.74) is 1.45. The molecule has 100 valence electrons. The molecule has 0 bridgehead atoms. The van der Waals surface area contributed by atoms with Crippen molar-refractivity contribution in [3.63, 3.8) is 0 Å². The third kappa shape index (κ3) is 5.02. The number of carboxylic acids is 1. The van der Waals surface area contributed by atoms with Crippen molar-refractivity contribution in [2.45, 2.75) is 18.7 Å². The van der Waals surface area contributed by atoms with Crippen molar-refractivity contribution in [2.24, 2.45) is 0 Å². The number of nitrogens with one attached hydrogen (secondary N) is 1. The molecule has 0 heterocycles. The lowest BCUT2D eigenvalue weighted by atomic mass is 10.1. The molecule has 0 fully saturated rings. The molecule has 1 rings (SSSR count). The Kier molecular flexibility index (Phi) is 5.90. The zero-order chi connectivity index (χ0) is 14.3. The lowest BCUT2D eigenvalue weighted by Crippen LogP contribution is -2.41. The van der Waals surface area contributed by atoms with E-state index in [-0.39, 0.29) is 11.7 Å². The minimum Gasteiger partial charge on any atom is -0.480 e. The van der Waals surface area contributed by atoms with Crippen molar-refractivity contribution in [3.05, 3.63) is 35.4 Å². The largest absolute Gasteiger partial charge is 0.480 e. The van der Waals surface area contributed by atoms with Crippen LogP contribution >= 0.6 is 11.8 Å². The summed E-state index contributed by atoms with van der Waals surface area (Å²) in [6, 6.07) is 8.35. The van der Waals surface area contributed by atoms with E-state index in [0.29, 0.717) is 11.3 Å². The molecular formula is C13H14N2O3S. The van der Waals surface area contributed by atoms with Crippen molar-refractivity contribution in [1.29, 1.82) is 5.26 Å². The zero-order valence-corrected chi connectivity index (χ0v) is 11.2. The molecule has 0 saturated carbocycles. The molecule has 0 aliphatic heterocycles. The van der Waals surface area contributed by atoms with Gasteiger partial charge in [-0.15, -0.1) is 0 Å². The predicted octanol–water partition coefficient (Wildman–Crippen LogP) is 1.38. The molecule has 19 heavy (non-hydrogen) atoms. The Balaban J connectivity index is 2.55. The number of hydrogen-bond acceptors (Lipinski definition) is 4. The van der Waals surface area contributed by atoms with Gasteiger partial charge in [0.25, 0.3) is 0 Å². The summed E-state index contributed by atoms with van der Waals surface area (Å²) in [6.07, 6.45) is 0. The van der Waals surface area contributed by atoms with Crippen molar-refractivity contribution >= 4 is 23.6 Å². The second-order valence-electron chi connectivity index (χ2n) is 3.88. The SMILES string of the molecule is CC(=O)N[C@@H](CSCc1ccccc1C#N)C(=O)O. The van der Waals surface area contributed by atoms with Gasteiger partial charge in [-0.05, 0) is 11.6 Å². The number of thioether (sulfide) groups is 1. The van der Waals surface area contributed by atoms with E-state index in [2.05, 4.69) is 11.4 Å². The van der Waals surface area contributed by atoms with Crippen LogP contribution in [0.25, 0.3) is 0 Å². The van der Waals surface area contributed by atoms with E-state index in [1.54, 1.807) is 12.1 Å². The lowest BCUT2D eigenvalue weighted by molar-refractivity contribution is -0.140. The summed E-state index contributed by atoms with van der Waals surface area (Å²) in [4.78, 5) is 21.8. The second kappa shape index (κ2) is 7.44. The number of carbonyl (C=O) groups excluding carboxylic acids is 1. The average Bonchev–Trinajstić information content (AvgIpc) is 2.37. The Labute approximate surface area is 115 Å². The number of amides is 1. The number of nitrogens with zero attached hydrogens (tertiary/aromatic N) is 1. The molecule has 6 heteroatoms. The highest BCUT2D eigenvalue weighted by Crippen LogP contribution is 2.16. The third-order valence-electron chi connectivity index (χ3n) is 2.36. The Hall–Kier alpha value is -2.00. The van der Waals surface area contributed by atoms with Crippen molar-refractivity contribution in [3.8, 4) is 6.07 Å². The van der Waals surface area contributed by atoms with E-state index < -0.39 is 12.0 Å². The van der Waals surface area contributed by atoms with Gasteiger partial charge in [0.05, 0.1) is 11.6 Å². The summed E-state index contributed by atoms with van der Waals surface area (Å²) in [5.74, 6) is -0.636. The topological polar surface area (TPSA) is 90.2 Å². The fourth-order valence-corrected chi connectivity index (χ4v) is 2.51. The Morgan fingerprint density at radius 3 is 2.74 bits per heavy atom. The highest BCUT2D eigenvalue weighted by Gasteiger charge is 2.18. The first-order valence-electron chi connectivity index (χ1n) is 5.60. The van der Waals surface area contributed by atoms with E-state index in [4.69, 9.17) is 10.4 Å². The van der Waals surface area contributed by atoms with E-state index in [0.717, 1.165) is 5.56 Å². The van der Waals surface area contributed by atoms with Crippen molar-refractivity contribution in [1.82, 2.24) is 5.32 Å². The maximum absolute atomic E-state index is 10.9. The van der Waals surface area contributed by atoms with Crippen LogP contribution in [0.5, 0.6) is 0 Å². The van der Waals surface area contributed by atoms with Gasteiger partial charge in [0.15, 0.2) is 0 Å². The number of nitriles is 1. The van der Waals surface area contributed by atoms with Crippen LogP contribution in [-0.4, -0.2) is 28.8 Å². The van der Waals surface area contributed by atoms with Gasteiger partial charge in [0.2, 0.25) is 5.91 Å². The quantitative estimate of drug-likeness (QED) is 0.820. The molecule has 0 spiro atoms. The van der Waals surface area contributed by atoms with Gasteiger partial charge < -0.3 is 10.4 Å². The molecule has 0 aliphatic rings. The van der Waals surface area contributed by atoms with Crippen LogP contribution in [0.15, 0.2) is 24.3 Å². The summed E-state index contributed by atoms with van der Waals surface area (Å²) in [6.45, 7) is 1.28. The molecule has 2 N–H and O–H groups in total. The maximum atomic E-state index is 10.9. The van der Waals surface area contributed by atoms with Crippen LogP contribution in [0, 0.1) is 11.3 Å². The highest BCUT2D eigenvalue weighted by molar-refractivity contribution is 7.98. The van der Waals surface area contributed by atoms with Crippen LogP contribution in [0.4, 0.5) is 0 Å². The molecule has 1 amide bonds. The molecule has 1 atom stereocenters. The number of carboxylic acid groups (broad SMARTS) is 1. The summed E-state index contributed by atoms with van der Waals surface area (Å²) in [7, 11) is 0. The Morgan fingerprint density at radius 1 is 1.47 bits per heavy atom. The second-order valence-corrected chi connectivity index (χ2v) is 4.91. The van der Waals surface area contributed by atoms with Crippen molar-refractivity contribution in [2.75, 3.05) is 5.75 Å². The molecular weight excluding hydrogens is 264 g/mol. The van der Waals surface area contributed by atoms with Gasteiger partial charge in [0, 0.05) is 18.4 Å². The minimum absolute atomic E-state index is 0.259. The minimum atomic E-state index is -1.06. The third-order valence-corrected chi connectivity index (χ3v) is 3.44. The molecule has 0 radical (unpaired) electrons. The average molecular weight is 278 g/mol. The number of rotatable bonds is 6. The fourth-order valence-electron chi connectivity index (χ4n) is 1.46. The van der Waals surface area contributed by atoms with E-state index in [9.17, 15) is 9.59 Å². The molecule has 0 unspecified atom stereocenters. The first-order valence-corrected chi connectivity index (χ1v) is 6.75. The number of benzene rings is 1. The first kappa shape index (κ1) is 15.1. The van der Waals surface area contributed by atoms with Crippen LogP contribution in [0.1, 0.15) is 18.1 Å². The Bertz CT molecular complexity index is 511. The molecule has 0 aliphatic carbocycles. The van der Waals surface area contributed by atoms with Crippen LogP contribution in [0.3, 0.4) is 0 Å². The van der Waals surface area contributed by atoms with E-state index in [1.807, 2.05) is 12.1 Å². The number of carbonyl (C=O) groups is 2. The van der Waals surface area contributed by atoms with Gasteiger partial charge in [0.1, 0.15) is 6.04 Å². The molecule has 1 aromatic rings. The Morgan fingerprint density at radius 2 is 2.16 bits per heavy atom. The highest BCUT2D eigenvalue weighted by atomic mass is 32.2. The summed E-state index contributed by atoms with van der Waals surface area (Å²) >= 11 is 1.37. The smallest absolute Gasteiger partial charge is 0.327 e. The van der Waals surface area contributed by atoms with Gasteiger partial charge in [-0.25, -0.2) is 4.79 Å². The number of hydrogen-bond donors (Lipinski definition) is 2. The van der Waals surface area contributed by atoms with Gasteiger partial charge >= 0.3 is 5.97 Å². The normalized spacial score (nSPS) is 11.4. The maximum Gasteiger partial charge on any atom is 0.327 e. The van der Waals surface area contributed by atoms with E-state index >= 15 is 0 Å². The molecule has 0 aromatic heterocycles. The van der Waals surface area contributed by atoms with E-state index in [1.165, 1.54) is 18.7 Å². The van der Waals surface area contributed by atoms with Crippen LogP contribution < -0.4 is 5.32 Å². The van der Waals surface area contributed by atoms with Gasteiger partial charge in [-0.1, -0.05) is 18.2 Å². The van der Waals surface area contributed by atoms with Gasteiger partial charge in [-0.3, -0.25) is 4.79 Å². The zero-order valence-electron chi connectivity index (χ0n) is 10.4. The van der Waals surface area contributed by atoms with Crippen LogP contribution in [0.2, 0.25) is 0 Å².